The predicted octanol–water partition coefficient (Wildman–Crippen LogP) is 3.19. The maximum Gasteiger partial charge on any atom is 0.319 e. The Morgan fingerprint density at radius 2 is 1.94 bits per heavy atom. The van der Waals surface area contributed by atoms with Crippen LogP contribution in [0.25, 0.3) is 10.9 Å². The molecule has 1 saturated heterocycles. The van der Waals surface area contributed by atoms with Gasteiger partial charge in [0, 0.05) is 42.8 Å². The highest BCUT2D eigenvalue weighted by Gasteiger charge is 2.49. The van der Waals surface area contributed by atoms with Crippen molar-refractivity contribution in [3.8, 4) is 11.5 Å². The van der Waals surface area contributed by atoms with E-state index >= 15 is 0 Å². The number of nitrogens with one attached hydrogen (secondary N) is 1. The third-order valence-electron chi connectivity index (χ3n) is 7.11. The third-order valence-corrected chi connectivity index (χ3v) is 7.11. The van der Waals surface area contributed by atoms with Crippen LogP contribution in [0.15, 0.2) is 48.5 Å². The van der Waals surface area contributed by atoms with E-state index in [2.05, 4.69) is 26.9 Å². The molecule has 1 atom stereocenters. The molecule has 3 aromatic rings. The molecule has 174 valence electrons. The van der Waals surface area contributed by atoms with Gasteiger partial charge in [0.15, 0.2) is 0 Å². The van der Waals surface area contributed by atoms with Crippen molar-refractivity contribution >= 4 is 16.9 Å². The van der Waals surface area contributed by atoms with E-state index in [0.717, 1.165) is 56.0 Å². The number of likely N-dealkylation sites (tertiary alicyclic amines) is 1. The van der Waals surface area contributed by atoms with Crippen molar-refractivity contribution in [3.63, 3.8) is 0 Å². The lowest BCUT2D eigenvalue weighted by atomic mass is 9.84. The minimum atomic E-state index is -0.249. The van der Waals surface area contributed by atoms with Crippen molar-refractivity contribution in [3.05, 3.63) is 59.8 Å². The Labute approximate surface area is 194 Å². The van der Waals surface area contributed by atoms with E-state index in [9.17, 15) is 4.79 Å². The molecule has 0 radical (unpaired) electrons. The van der Waals surface area contributed by atoms with Gasteiger partial charge in [-0.1, -0.05) is 18.2 Å². The van der Waals surface area contributed by atoms with Gasteiger partial charge in [0.25, 0.3) is 0 Å². The minimum Gasteiger partial charge on any atom is -0.497 e. The molecule has 0 saturated carbocycles. The molecule has 2 aliphatic heterocycles. The molecule has 2 aliphatic rings. The van der Waals surface area contributed by atoms with Gasteiger partial charge in [0.05, 0.1) is 26.3 Å². The second-order valence-corrected chi connectivity index (χ2v) is 8.86. The van der Waals surface area contributed by atoms with Crippen LogP contribution in [0.3, 0.4) is 0 Å². The van der Waals surface area contributed by atoms with E-state index in [4.69, 9.17) is 14.2 Å². The molecule has 1 spiro atoms. The molecule has 5 rings (SSSR count). The fraction of sp³-hybridized carbons (Fsp3) is 0.423. The first-order chi connectivity index (χ1) is 16.1. The van der Waals surface area contributed by atoms with Crippen molar-refractivity contribution in [1.82, 2.24) is 14.8 Å². The summed E-state index contributed by atoms with van der Waals surface area (Å²) in [6.45, 7) is 4.39. The number of fused-ring (bicyclic) bond motifs is 4. The average Bonchev–Trinajstić information content (AvgIpc) is 3.44. The summed E-state index contributed by atoms with van der Waals surface area (Å²) in [5.41, 5.74) is 3.44. The lowest BCUT2D eigenvalue weighted by Gasteiger charge is -2.44. The highest BCUT2D eigenvalue weighted by atomic mass is 16.5. The number of hydrogen-bond acceptors (Lipinski definition) is 6. The number of hydrogen-bond donors (Lipinski definition) is 1. The highest BCUT2D eigenvalue weighted by molar-refractivity contribution is 5.87. The molecule has 1 aromatic heterocycles. The van der Waals surface area contributed by atoms with Gasteiger partial charge in [-0.15, -0.1) is 0 Å². The summed E-state index contributed by atoms with van der Waals surface area (Å²) in [6, 6.07) is 16.1. The van der Waals surface area contributed by atoms with E-state index in [0.29, 0.717) is 13.2 Å². The molecular weight excluding hydrogens is 418 g/mol. The summed E-state index contributed by atoms with van der Waals surface area (Å²) >= 11 is 0. The predicted molar refractivity (Wildman–Crippen MR) is 127 cm³/mol. The first kappa shape index (κ1) is 21.8. The van der Waals surface area contributed by atoms with E-state index in [1.54, 1.807) is 7.11 Å². The molecule has 7 nitrogen and oxygen atoms in total. The zero-order chi connectivity index (χ0) is 22.8. The topological polar surface area (TPSA) is 67.0 Å². The van der Waals surface area contributed by atoms with Crippen LogP contribution in [0.2, 0.25) is 0 Å². The van der Waals surface area contributed by atoms with Crippen molar-refractivity contribution in [1.29, 1.82) is 0 Å². The maximum absolute atomic E-state index is 12.3. The number of rotatable bonds is 7. The fourth-order valence-electron chi connectivity index (χ4n) is 5.41. The van der Waals surface area contributed by atoms with Gasteiger partial charge in [-0.05, 0) is 48.7 Å². The van der Waals surface area contributed by atoms with Crippen LogP contribution in [0.4, 0.5) is 0 Å². The molecule has 33 heavy (non-hydrogen) atoms. The molecule has 1 fully saturated rings. The molecular formula is C26H31N3O4. The average molecular weight is 450 g/mol. The lowest BCUT2D eigenvalue weighted by molar-refractivity contribution is -0.144. The number of para-hydroxylation sites is 1. The number of methoxy groups -OCH3 is 2. The van der Waals surface area contributed by atoms with Gasteiger partial charge in [-0.25, -0.2) is 0 Å². The van der Waals surface area contributed by atoms with Gasteiger partial charge in [-0.3, -0.25) is 14.6 Å². The molecule has 3 heterocycles. The number of carbonyl (C=O) groups is 1. The molecule has 1 N–H and O–H groups in total. The molecule has 7 heteroatoms. The minimum absolute atomic E-state index is 0.193. The Hall–Kier alpha value is -3.03. The SMILES string of the molecule is COC(=O)CN1CCc2c([nH]c3ccc(OC)cc23)C12CCN(CCOc1ccccc1)C2. The Morgan fingerprint density at radius 1 is 1.09 bits per heavy atom. The van der Waals surface area contributed by atoms with Gasteiger partial charge >= 0.3 is 5.97 Å². The number of benzene rings is 2. The van der Waals surface area contributed by atoms with Crippen LogP contribution < -0.4 is 9.47 Å². The van der Waals surface area contributed by atoms with Gasteiger partial charge < -0.3 is 19.2 Å². The van der Waals surface area contributed by atoms with Crippen molar-refractivity contribution < 1.29 is 19.0 Å². The lowest BCUT2D eigenvalue weighted by Crippen LogP contribution is -2.54. The third kappa shape index (κ3) is 4.07. The number of esters is 1. The zero-order valence-electron chi connectivity index (χ0n) is 19.3. The van der Waals surface area contributed by atoms with E-state index in [1.807, 2.05) is 36.4 Å². The van der Waals surface area contributed by atoms with E-state index in [-0.39, 0.29) is 11.5 Å². The summed E-state index contributed by atoms with van der Waals surface area (Å²) in [6.07, 6.45) is 1.84. The van der Waals surface area contributed by atoms with Crippen LogP contribution in [0, 0.1) is 0 Å². The van der Waals surface area contributed by atoms with Gasteiger partial charge in [-0.2, -0.15) is 0 Å². The van der Waals surface area contributed by atoms with Crippen LogP contribution in [0.5, 0.6) is 11.5 Å². The molecule has 0 bridgehead atoms. The van der Waals surface area contributed by atoms with Gasteiger partial charge in [0.2, 0.25) is 0 Å². The summed E-state index contributed by atoms with van der Waals surface area (Å²) in [5.74, 6) is 1.56. The number of ether oxygens (including phenoxy) is 3. The molecule has 2 aromatic carbocycles. The molecule has 0 aliphatic carbocycles. The quantitative estimate of drug-likeness (QED) is 0.559. The number of aromatic amines is 1. The van der Waals surface area contributed by atoms with Crippen LogP contribution >= 0.6 is 0 Å². The van der Waals surface area contributed by atoms with Crippen LogP contribution in [-0.4, -0.2) is 74.3 Å². The van der Waals surface area contributed by atoms with E-state index < -0.39 is 0 Å². The Bertz CT molecular complexity index is 1130. The molecule has 1 unspecified atom stereocenters. The Kier molecular flexibility index (Phi) is 6.00. The normalized spacial score (nSPS) is 20.8. The second-order valence-electron chi connectivity index (χ2n) is 8.86. The van der Waals surface area contributed by atoms with Crippen LogP contribution in [-0.2, 0) is 21.5 Å². The maximum atomic E-state index is 12.3. The number of nitrogens with zero attached hydrogens (tertiary/aromatic N) is 2. The standard InChI is InChI=1S/C26H31N3O4/c1-31-20-8-9-23-22(16-20)21-10-12-29(17-24(30)32-2)26(25(21)27-23)11-13-28(18-26)14-15-33-19-6-4-3-5-7-19/h3-9,16,27H,10-15,17-18H2,1-2H3. The van der Waals surface area contributed by atoms with Crippen molar-refractivity contribution in [2.75, 3.05) is 53.6 Å². The van der Waals surface area contributed by atoms with Crippen molar-refractivity contribution in [2.24, 2.45) is 0 Å². The Morgan fingerprint density at radius 3 is 2.73 bits per heavy atom. The number of aromatic nitrogens is 1. The first-order valence-corrected chi connectivity index (χ1v) is 11.5. The van der Waals surface area contributed by atoms with E-state index in [1.165, 1.54) is 23.8 Å². The highest BCUT2D eigenvalue weighted by Crippen LogP contribution is 2.45. The monoisotopic (exact) mass is 449 g/mol. The summed E-state index contributed by atoms with van der Waals surface area (Å²) in [4.78, 5) is 20.7. The van der Waals surface area contributed by atoms with Crippen molar-refractivity contribution in [2.45, 2.75) is 18.4 Å². The largest absolute Gasteiger partial charge is 0.497 e. The van der Waals surface area contributed by atoms with Crippen LogP contribution in [0.1, 0.15) is 17.7 Å². The number of carbonyl (C=O) groups excluding carboxylic acids is 1. The molecule has 0 amide bonds. The summed E-state index contributed by atoms with van der Waals surface area (Å²) in [7, 11) is 3.16. The zero-order valence-corrected chi connectivity index (χ0v) is 19.3. The fourth-order valence-corrected chi connectivity index (χ4v) is 5.41. The number of H-pyrrole nitrogens is 1. The second kappa shape index (κ2) is 9.08. The van der Waals surface area contributed by atoms with Gasteiger partial charge in [0.1, 0.15) is 18.1 Å². The smallest absolute Gasteiger partial charge is 0.319 e. The first-order valence-electron chi connectivity index (χ1n) is 11.5. The summed E-state index contributed by atoms with van der Waals surface area (Å²) in [5, 5.41) is 1.22. The summed E-state index contributed by atoms with van der Waals surface area (Å²) < 4.78 is 16.5. The Balaban J connectivity index is 1.42.